The molecule has 19 heavy (non-hydrogen) atoms. The maximum absolute atomic E-state index is 12.5. The smallest absolute Gasteiger partial charge is 0.244 e. The van der Waals surface area contributed by atoms with E-state index in [4.69, 9.17) is 4.74 Å². The second kappa shape index (κ2) is 5.46. The lowest BCUT2D eigenvalue weighted by molar-refractivity contribution is 0.326. The fourth-order valence-corrected chi connectivity index (χ4v) is 3.97. The van der Waals surface area contributed by atoms with Gasteiger partial charge in [0.2, 0.25) is 15.9 Å². The summed E-state index contributed by atoms with van der Waals surface area (Å²) < 4.78 is 31.8. The van der Waals surface area contributed by atoms with E-state index < -0.39 is 10.0 Å². The van der Waals surface area contributed by atoms with Gasteiger partial charge in [0.25, 0.3) is 0 Å². The van der Waals surface area contributed by atoms with Gasteiger partial charge in [-0.05, 0) is 32.3 Å². The van der Waals surface area contributed by atoms with Crippen LogP contribution < -0.4 is 4.74 Å². The number of hydrogen-bond acceptors (Lipinski definition) is 4. The maximum atomic E-state index is 12.5. The molecule has 2 atom stereocenters. The minimum atomic E-state index is -3.44. The molecular formula is C13H20N2O3S. The van der Waals surface area contributed by atoms with Crippen LogP contribution in [0.4, 0.5) is 0 Å². The molecule has 1 fully saturated rings. The van der Waals surface area contributed by atoms with Gasteiger partial charge in [0.1, 0.15) is 4.90 Å². The van der Waals surface area contributed by atoms with Crippen LogP contribution in [0, 0.1) is 5.92 Å². The lowest BCUT2D eigenvalue weighted by atomic mass is 10.1. The molecule has 6 heteroatoms. The van der Waals surface area contributed by atoms with Gasteiger partial charge in [-0.15, -0.1) is 0 Å². The summed E-state index contributed by atoms with van der Waals surface area (Å²) in [6, 6.07) is 3.19. The third-order valence-electron chi connectivity index (χ3n) is 3.69. The summed E-state index contributed by atoms with van der Waals surface area (Å²) in [6.07, 6.45) is 2.28. The lowest BCUT2D eigenvalue weighted by Gasteiger charge is -2.22. The van der Waals surface area contributed by atoms with E-state index in [1.807, 2.05) is 13.8 Å². The second-order valence-electron chi connectivity index (χ2n) is 4.89. The Morgan fingerprint density at radius 2 is 2.16 bits per heavy atom. The zero-order valence-electron chi connectivity index (χ0n) is 11.5. The average molecular weight is 284 g/mol. The highest BCUT2D eigenvalue weighted by Crippen LogP contribution is 2.29. The van der Waals surface area contributed by atoms with Crippen LogP contribution in [0.3, 0.4) is 0 Å². The van der Waals surface area contributed by atoms with Crippen LogP contribution in [0.25, 0.3) is 0 Å². The Bertz CT molecular complexity index is 527. The average Bonchev–Trinajstić information content (AvgIpc) is 2.72. The van der Waals surface area contributed by atoms with Crippen molar-refractivity contribution in [3.05, 3.63) is 18.3 Å². The zero-order chi connectivity index (χ0) is 14.0. The van der Waals surface area contributed by atoms with Crippen LogP contribution in [0.2, 0.25) is 0 Å². The molecule has 2 heterocycles. The predicted molar refractivity (Wildman–Crippen MR) is 72.5 cm³/mol. The summed E-state index contributed by atoms with van der Waals surface area (Å²) >= 11 is 0. The Morgan fingerprint density at radius 1 is 1.42 bits per heavy atom. The van der Waals surface area contributed by atoms with Crippen molar-refractivity contribution in [2.75, 3.05) is 13.2 Å². The number of aromatic nitrogens is 1. The molecule has 0 aliphatic carbocycles. The van der Waals surface area contributed by atoms with Gasteiger partial charge in [-0.2, -0.15) is 4.31 Å². The van der Waals surface area contributed by atoms with E-state index in [0.29, 0.717) is 24.9 Å². The quantitative estimate of drug-likeness (QED) is 0.847. The largest absolute Gasteiger partial charge is 0.478 e. The summed E-state index contributed by atoms with van der Waals surface area (Å²) in [6.45, 7) is 6.99. The van der Waals surface area contributed by atoms with Crippen LogP contribution >= 0.6 is 0 Å². The van der Waals surface area contributed by atoms with Gasteiger partial charge in [0, 0.05) is 18.7 Å². The number of sulfonamides is 1. The van der Waals surface area contributed by atoms with Gasteiger partial charge in [-0.3, -0.25) is 0 Å². The van der Waals surface area contributed by atoms with Crippen molar-refractivity contribution >= 4 is 10.0 Å². The highest BCUT2D eigenvalue weighted by atomic mass is 32.2. The summed E-state index contributed by atoms with van der Waals surface area (Å²) in [4.78, 5) is 4.26. The first kappa shape index (κ1) is 14.3. The molecule has 0 radical (unpaired) electrons. The third-order valence-corrected chi connectivity index (χ3v) is 5.66. The van der Waals surface area contributed by atoms with Gasteiger partial charge in [0.05, 0.1) is 12.8 Å². The molecule has 1 aromatic heterocycles. The van der Waals surface area contributed by atoms with Gasteiger partial charge in [-0.1, -0.05) is 6.92 Å². The van der Waals surface area contributed by atoms with Gasteiger partial charge < -0.3 is 4.74 Å². The molecule has 0 N–H and O–H groups in total. The first-order valence-electron chi connectivity index (χ1n) is 6.57. The first-order valence-corrected chi connectivity index (χ1v) is 8.01. The monoisotopic (exact) mass is 284 g/mol. The fraction of sp³-hybridized carbons (Fsp3) is 0.615. The molecule has 1 aliphatic rings. The molecule has 2 rings (SSSR count). The summed E-state index contributed by atoms with van der Waals surface area (Å²) in [5.74, 6) is 0.842. The fourth-order valence-electron chi connectivity index (χ4n) is 2.29. The van der Waals surface area contributed by atoms with Crippen molar-refractivity contribution in [2.45, 2.75) is 38.1 Å². The Hall–Kier alpha value is -1.14. The van der Waals surface area contributed by atoms with E-state index in [-0.39, 0.29) is 10.9 Å². The van der Waals surface area contributed by atoms with E-state index in [9.17, 15) is 8.42 Å². The van der Waals surface area contributed by atoms with Crippen molar-refractivity contribution in [3.63, 3.8) is 0 Å². The number of ether oxygens (including phenoxy) is 1. The van der Waals surface area contributed by atoms with Gasteiger partial charge in [-0.25, -0.2) is 13.4 Å². The van der Waals surface area contributed by atoms with E-state index in [2.05, 4.69) is 11.9 Å². The SMILES string of the molecule is CCOc1ccc(S(=O)(=O)N2CC[C@@H](C)[C@@H]2C)cn1. The highest BCUT2D eigenvalue weighted by Gasteiger charge is 2.36. The Morgan fingerprint density at radius 3 is 2.63 bits per heavy atom. The van der Waals surface area contributed by atoms with E-state index >= 15 is 0 Å². The van der Waals surface area contributed by atoms with Crippen molar-refractivity contribution in [2.24, 2.45) is 5.92 Å². The molecule has 5 nitrogen and oxygen atoms in total. The van der Waals surface area contributed by atoms with Crippen LogP contribution in [-0.2, 0) is 10.0 Å². The van der Waals surface area contributed by atoms with E-state index in [1.54, 1.807) is 16.4 Å². The van der Waals surface area contributed by atoms with Gasteiger partial charge >= 0.3 is 0 Å². The number of hydrogen-bond donors (Lipinski definition) is 0. The normalized spacial score (nSPS) is 24.6. The molecule has 1 saturated heterocycles. The number of rotatable bonds is 4. The minimum absolute atomic E-state index is 0.0385. The van der Waals surface area contributed by atoms with Crippen LogP contribution in [0.1, 0.15) is 27.2 Å². The summed E-state index contributed by atoms with van der Waals surface area (Å²) in [5.41, 5.74) is 0. The van der Waals surface area contributed by atoms with Crippen LogP contribution in [-0.4, -0.2) is 36.9 Å². The Labute approximate surface area is 114 Å². The third kappa shape index (κ3) is 2.74. The Kier molecular flexibility index (Phi) is 4.10. The molecule has 1 aromatic rings. The molecule has 0 bridgehead atoms. The van der Waals surface area contributed by atoms with Crippen molar-refractivity contribution in [3.8, 4) is 5.88 Å². The summed E-state index contributed by atoms with van der Waals surface area (Å²) in [7, 11) is -3.44. The maximum Gasteiger partial charge on any atom is 0.244 e. The van der Waals surface area contributed by atoms with Crippen molar-refractivity contribution in [1.29, 1.82) is 0 Å². The minimum Gasteiger partial charge on any atom is -0.478 e. The highest BCUT2D eigenvalue weighted by molar-refractivity contribution is 7.89. The zero-order valence-corrected chi connectivity index (χ0v) is 12.4. The molecule has 0 amide bonds. The van der Waals surface area contributed by atoms with E-state index in [1.165, 1.54) is 6.20 Å². The molecule has 1 aliphatic heterocycles. The lowest BCUT2D eigenvalue weighted by Crippen LogP contribution is -2.35. The number of pyridine rings is 1. The summed E-state index contributed by atoms with van der Waals surface area (Å²) in [5, 5.41) is 0. The van der Waals surface area contributed by atoms with Crippen molar-refractivity contribution < 1.29 is 13.2 Å². The molecule has 0 spiro atoms. The topological polar surface area (TPSA) is 59.5 Å². The molecular weight excluding hydrogens is 264 g/mol. The van der Waals surface area contributed by atoms with E-state index in [0.717, 1.165) is 6.42 Å². The molecule has 106 valence electrons. The molecule has 0 aromatic carbocycles. The van der Waals surface area contributed by atoms with Crippen LogP contribution in [0.5, 0.6) is 5.88 Å². The van der Waals surface area contributed by atoms with Crippen LogP contribution in [0.15, 0.2) is 23.2 Å². The standard InChI is InChI=1S/C13H20N2O3S/c1-4-18-13-6-5-12(9-14-13)19(16,17)15-8-7-10(2)11(15)3/h5-6,9-11H,4,7-8H2,1-3H3/t10-,11+/m1/s1. The second-order valence-corrected chi connectivity index (χ2v) is 6.78. The van der Waals surface area contributed by atoms with Crippen molar-refractivity contribution in [1.82, 2.24) is 9.29 Å². The Balaban J connectivity index is 2.24. The predicted octanol–water partition coefficient (Wildman–Crippen LogP) is 1.90. The van der Waals surface area contributed by atoms with Gasteiger partial charge in [0.15, 0.2) is 0 Å². The number of nitrogens with zero attached hydrogens (tertiary/aromatic N) is 2. The molecule has 0 saturated carbocycles. The molecule has 0 unspecified atom stereocenters. The first-order chi connectivity index (χ1) is 8.96.